The predicted molar refractivity (Wildman–Crippen MR) is 241 cm³/mol. The quantitative estimate of drug-likeness (QED) is 0.176. The van der Waals surface area contributed by atoms with E-state index in [2.05, 4.69) is 161 Å². The second kappa shape index (κ2) is 11.1. The summed E-state index contributed by atoms with van der Waals surface area (Å²) < 4.78 is 13.8. The fourth-order valence-electron chi connectivity index (χ4n) is 9.93. The van der Waals surface area contributed by atoms with Gasteiger partial charge < -0.3 is 8.98 Å². The van der Waals surface area contributed by atoms with Gasteiger partial charge in [0.1, 0.15) is 16.8 Å². The summed E-state index contributed by atoms with van der Waals surface area (Å²) in [4.78, 5) is 11.1. The van der Waals surface area contributed by atoms with E-state index >= 15 is 0 Å². The first-order valence-corrected chi connectivity index (χ1v) is 20.4. The molecule has 5 aromatic heterocycles. The van der Waals surface area contributed by atoms with Gasteiger partial charge in [0.05, 0.1) is 27.8 Å². The molecule has 13 aromatic rings. The molecular formula is C52H28N4OS. The topological polar surface area (TPSA) is 48.8 Å². The summed E-state index contributed by atoms with van der Waals surface area (Å²) in [6, 6.07) is 61.2. The zero-order chi connectivity index (χ0) is 37.6. The lowest BCUT2D eigenvalue weighted by atomic mass is 9.91. The number of rotatable bonds is 2. The molecule has 0 spiro atoms. The molecule has 5 nitrogen and oxygen atoms in total. The molecule has 0 saturated heterocycles. The SMILES string of the molecule is c1ccc2c(c1)-c1ccccc1-n1c3ccccc3c3cc4c(c-2c31)c1ccccc1n4-c1nc2c(nc1-c1cccc3c1sc1ccccc13)oc1ccccc12. The molecule has 1 aliphatic rings. The van der Waals surface area contributed by atoms with E-state index in [0.717, 1.165) is 50.0 Å². The van der Waals surface area contributed by atoms with Crippen molar-refractivity contribution in [2.24, 2.45) is 0 Å². The van der Waals surface area contributed by atoms with Gasteiger partial charge in [-0.3, -0.25) is 4.57 Å². The average Bonchev–Trinajstić information content (AvgIpc) is 4.01. The number of hydrogen-bond donors (Lipinski definition) is 0. The second-order valence-electron chi connectivity index (χ2n) is 15.2. The fraction of sp³-hybridized carbons (Fsp3) is 0. The van der Waals surface area contributed by atoms with E-state index in [9.17, 15) is 0 Å². The van der Waals surface area contributed by atoms with E-state index in [0.29, 0.717) is 5.71 Å². The Morgan fingerprint density at radius 2 is 1.12 bits per heavy atom. The molecule has 0 amide bonds. The van der Waals surface area contributed by atoms with Gasteiger partial charge in [0.2, 0.25) is 5.71 Å². The molecule has 6 heterocycles. The Morgan fingerprint density at radius 1 is 0.466 bits per heavy atom. The zero-order valence-corrected chi connectivity index (χ0v) is 31.6. The van der Waals surface area contributed by atoms with Gasteiger partial charge >= 0.3 is 0 Å². The Bertz CT molecular complexity index is 3940. The van der Waals surface area contributed by atoms with Crippen molar-refractivity contribution >= 4 is 97.3 Å². The number of fused-ring (bicyclic) bond motifs is 18. The van der Waals surface area contributed by atoms with Crippen molar-refractivity contribution in [3.05, 3.63) is 170 Å². The van der Waals surface area contributed by atoms with Gasteiger partial charge in [0, 0.05) is 63.8 Å². The first-order valence-electron chi connectivity index (χ1n) is 19.6. The normalized spacial score (nSPS) is 12.5. The van der Waals surface area contributed by atoms with Crippen LogP contribution < -0.4 is 0 Å². The van der Waals surface area contributed by atoms with Gasteiger partial charge in [0.15, 0.2) is 5.82 Å². The Hall–Kier alpha value is -7.54. The highest BCUT2D eigenvalue weighted by Crippen LogP contribution is 2.52. The molecule has 6 heteroatoms. The Balaban J connectivity index is 1.22. The summed E-state index contributed by atoms with van der Waals surface area (Å²) in [5.41, 5.74) is 14.5. The van der Waals surface area contributed by atoms with Crippen LogP contribution in [0, 0.1) is 0 Å². The van der Waals surface area contributed by atoms with E-state index in [1.165, 1.54) is 75.3 Å². The smallest absolute Gasteiger partial charge is 0.247 e. The Labute approximate surface area is 334 Å². The zero-order valence-electron chi connectivity index (χ0n) is 30.8. The van der Waals surface area contributed by atoms with Crippen LogP contribution in [-0.2, 0) is 0 Å². The van der Waals surface area contributed by atoms with Crippen LogP contribution in [-0.4, -0.2) is 19.1 Å². The van der Waals surface area contributed by atoms with Gasteiger partial charge in [-0.2, -0.15) is 0 Å². The van der Waals surface area contributed by atoms with Gasteiger partial charge in [0.25, 0.3) is 0 Å². The van der Waals surface area contributed by atoms with Crippen LogP contribution in [0.3, 0.4) is 0 Å². The van der Waals surface area contributed by atoms with Crippen LogP contribution in [0.25, 0.3) is 131 Å². The van der Waals surface area contributed by atoms with Crippen LogP contribution in [0.2, 0.25) is 0 Å². The van der Waals surface area contributed by atoms with Crippen LogP contribution in [0.15, 0.2) is 174 Å². The molecule has 0 unspecified atom stereocenters. The number of benzene rings is 8. The molecule has 0 saturated carbocycles. The summed E-state index contributed by atoms with van der Waals surface area (Å²) in [5, 5.41) is 8.17. The summed E-state index contributed by atoms with van der Waals surface area (Å²) in [6.45, 7) is 0. The Morgan fingerprint density at radius 3 is 2.00 bits per heavy atom. The van der Waals surface area contributed by atoms with Crippen LogP contribution in [0.4, 0.5) is 0 Å². The third-order valence-corrected chi connectivity index (χ3v) is 13.5. The standard InChI is InChI=1S/C52H28N4OS/c1-2-18-33-29(14-1)30-15-3-8-23-39(30)55-40-24-9-4-16-31(40)38-28-42-45(46(33)49(38)55)35-19-5-10-25-41(35)56(42)51-47(54-52-48(53-51)36-20-6-11-26-43(36)57-52)37-22-13-21-34-32-17-7-12-27-44(32)58-50(34)37/h1-28H. The van der Waals surface area contributed by atoms with E-state index in [1.807, 2.05) is 18.2 Å². The molecule has 14 rings (SSSR count). The van der Waals surface area contributed by atoms with Gasteiger partial charge in [-0.05, 0) is 53.6 Å². The minimum atomic E-state index is 0.530. The summed E-state index contributed by atoms with van der Waals surface area (Å²) in [7, 11) is 0. The van der Waals surface area contributed by atoms with Crippen molar-refractivity contribution in [1.82, 2.24) is 19.1 Å². The van der Waals surface area contributed by atoms with E-state index in [4.69, 9.17) is 14.4 Å². The monoisotopic (exact) mass is 756 g/mol. The van der Waals surface area contributed by atoms with Crippen LogP contribution in [0.5, 0.6) is 0 Å². The molecule has 1 aliphatic heterocycles. The lowest BCUT2D eigenvalue weighted by Gasteiger charge is -2.14. The summed E-state index contributed by atoms with van der Waals surface area (Å²) >= 11 is 1.80. The number of nitrogens with zero attached hydrogens (tertiary/aromatic N) is 4. The van der Waals surface area contributed by atoms with Crippen molar-refractivity contribution in [2.45, 2.75) is 0 Å². The number of furan rings is 1. The lowest BCUT2D eigenvalue weighted by Crippen LogP contribution is -2.03. The highest BCUT2D eigenvalue weighted by atomic mass is 32.1. The number of aromatic nitrogens is 4. The van der Waals surface area contributed by atoms with Gasteiger partial charge in [-0.15, -0.1) is 11.3 Å². The fourth-order valence-corrected chi connectivity index (χ4v) is 11.1. The van der Waals surface area contributed by atoms with Crippen molar-refractivity contribution in [3.63, 3.8) is 0 Å². The molecular weight excluding hydrogens is 729 g/mol. The van der Waals surface area contributed by atoms with Gasteiger partial charge in [-0.25, -0.2) is 9.97 Å². The second-order valence-corrected chi connectivity index (χ2v) is 16.3. The maximum atomic E-state index is 6.49. The third-order valence-electron chi connectivity index (χ3n) is 12.3. The highest BCUT2D eigenvalue weighted by molar-refractivity contribution is 7.26. The van der Waals surface area contributed by atoms with Crippen molar-refractivity contribution in [2.75, 3.05) is 0 Å². The molecule has 58 heavy (non-hydrogen) atoms. The third kappa shape index (κ3) is 3.85. The first kappa shape index (κ1) is 30.7. The van der Waals surface area contributed by atoms with Crippen LogP contribution in [0.1, 0.15) is 0 Å². The first-order chi connectivity index (χ1) is 28.8. The number of thiophene rings is 1. The van der Waals surface area contributed by atoms with E-state index in [-0.39, 0.29) is 0 Å². The largest absolute Gasteiger partial charge is 0.436 e. The minimum Gasteiger partial charge on any atom is -0.436 e. The predicted octanol–water partition coefficient (Wildman–Crippen LogP) is 14.3. The molecule has 8 aromatic carbocycles. The Kier molecular flexibility index (Phi) is 5.85. The molecule has 0 radical (unpaired) electrons. The molecule has 0 fully saturated rings. The molecule has 0 N–H and O–H groups in total. The average molecular weight is 757 g/mol. The maximum absolute atomic E-state index is 6.49. The molecule has 268 valence electrons. The van der Waals surface area contributed by atoms with E-state index < -0.39 is 0 Å². The summed E-state index contributed by atoms with van der Waals surface area (Å²) in [5.74, 6) is 0.774. The minimum absolute atomic E-state index is 0.530. The van der Waals surface area contributed by atoms with E-state index in [1.54, 1.807) is 11.3 Å². The van der Waals surface area contributed by atoms with Crippen molar-refractivity contribution in [1.29, 1.82) is 0 Å². The lowest BCUT2D eigenvalue weighted by molar-refractivity contribution is 0.653. The summed E-state index contributed by atoms with van der Waals surface area (Å²) in [6.07, 6.45) is 0. The highest BCUT2D eigenvalue weighted by Gasteiger charge is 2.30. The number of hydrogen-bond acceptors (Lipinski definition) is 4. The van der Waals surface area contributed by atoms with Gasteiger partial charge in [-0.1, -0.05) is 127 Å². The number of para-hydroxylation sites is 4. The maximum Gasteiger partial charge on any atom is 0.247 e. The van der Waals surface area contributed by atoms with Crippen molar-refractivity contribution in [3.8, 4) is 45.0 Å². The molecule has 0 bridgehead atoms. The van der Waals surface area contributed by atoms with Crippen molar-refractivity contribution < 1.29 is 4.42 Å². The molecule has 0 atom stereocenters. The molecule has 0 aliphatic carbocycles. The van der Waals surface area contributed by atoms with Crippen LogP contribution >= 0.6 is 11.3 Å².